The lowest BCUT2D eigenvalue weighted by Gasteiger charge is -2.29. The maximum atomic E-state index is 5.70. The number of rotatable bonds is 3. The van der Waals surface area contributed by atoms with Gasteiger partial charge in [0.15, 0.2) is 0 Å². The van der Waals surface area contributed by atoms with Crippen LogP contribution in [0.5, 0.6) is 0 Å². The molecule has 3 nitrogen and oxygen atoms in total. The molecule has 1 fully saturated rings. The maximum Gasteiger partial charge on any atom is 0.116 e. The molecule has 2 heterocycles. The molecule has 2 atom stereocenters. The molecule has 90 valence electrons. The number of thiazole rings is 1. The fourth-order valence-electron chi connectivity index (χ4n) is 2.41. The second kappa shape index (κ2) is 4.43. The highest BCUT2D eigenvalue weighted by molar-refractivity contribution is 7.11. The Morgan fingerprint density at radius 3 is 2.81 bits per heavy atom. The summed E-state index contributed by atoms with van der Waals surface area (Å²) in [6.45, 7) is 7.27. The summed E-state index contributed by atoms with van der Waals surface area (Å²) < 4.78 is 5.70. The third-order valence-corrected chi connectivity index (χ3v) is 4.80. The van der Waals surface area contributed by atoms with Gasteiger partial charge in [-0.15, -0.1) is 11.3 Å². The first kappa shape index (κ1) is 12.0. The minimum Gasteiger partial charge on any atom is -0.376 e. The lowest BCUT2D eigenvalue weighted by molar-refractivity contribution is 0.0848. The van der Waals surface area contributed by atoms with Crippen molar-refractivity contribution in [1.29, 1.82) is 0 Å². The molecule has 1 saturated heterocycles. The van der Waals surface area contributed by atoms with Crippen LogP contribution in [0.15, 0.2) is 0 Å². The summed E-state index contributed by atoms with van der Waals surface area (Å²) in [4.78, 5) is 6.12. The first-order valence-electron chi connectivity index (χ1n) is 5.91. The highest BCUT2D eigenvalue weighted by atomic mass is 32.1. The summed E-state index contributed by atoms with van der Waals surface area (Å²) in [7, 11) is 2.01. The zero-order chi connectivity index (χ0) is 11.8. The summed E-state index contributed by atoms with van der Waals surface area (Å²) in [5.41, 5.74) is 1.16. The quantitative estimate of drug-likeness (QED) is 0.880. The van der Waals surface area contributed by atoms with E-state index in [-0.39, 0.29) is 11.6 Å². The number of aryl methyl sites for hydroxylation is 2. The van der Waals surface area contributed by atoms with Crippen LogP contribution < -0.4 is 5.32 Å². The maximum absolute atomic E-state index is 5.70. The van der Waals surface area contributed by atoms with E-state index in [2.05, 4.69) is 26.1 Å². The highest BCUT2D eigenvalue weighted by Gasteiger charge is 2.44. The van der Waals surface area contributed by atoms with E-state index in [1.165, 1.54) is 15.6 Å². The van der Waals surface area contributed by atoms with E-state index in [1.54, 1.807) is 0 Å². The van der Waals surface area contributed by atoms with Crippen LogP contribution >= 0.6 is 11.3 Å². The Kier molecular flexibility index (Phi) is 3.33. The Morgan fingerprint density at radius 1 is 1.62 bits per heavy atom. The Bertz CT molecular complexity index is 377. The SMILES string of the molecule is CCc1nc(C2(NC)CCOC2C)sc1C. The third-order valence-electron chi connectivity index (χ3n) is 3.61. The Hall–Kier alpha value is -0.450. The van der Waals surface area contributed by atoms with Crippen molar-refractivity contribution in [2.45, 2.75) is 45.3 Å². The predicted octanol–water partition coefficient (Wildman–Crippen LogP) is 2.24. The third kappa shape index (κ3) is 1.69. The molecule has 4 heteroatoms. The second-order valence-corrected chi connectivity index (χ2v) is 5.56. The van der Waals surface area contributed by atoms with Crippen LogP contribution in [0.4, 0.5) is 0 Å². The molecule has 0 aromatic carbocycles. The molecule has 1 aromatic rings. The zero-order valence-electron chi connectivity index (χ0n) is 10.5. The van der Waals surface area contributed by atoms with Crippen molar-refractivity contribution in [1.82, 2.24) is 10.3 Å². The van der Waals surface area contributed by atoms with Crippen molar-refractivity contribution in [3.63, 3.8) is 0 Å². The Morgan fingerprint density at radius 2 is 2.38 bits per heavy atom. The van der Waals surface area contributed by atoms with E-state index in [9.17, 15) is 0 Å². The number of hydrogen-bond donors (Lipinski definition) is 1. The summed E-state index contributed by atoms with van der Waals surface area (Å²) in [5.74, 6) is 0. The Balaban J connectivity index is 2.40. The van der Waals surface area contributed by atoms with Crippen LogP contribution in [0.1, 0.15) is 35.8 Å². The van der Waals surface area contributed by atoms with Crippen LogP contribution in [0.2, 0.25) is 0 Å². The van der Waals surface area contributed by atoms with Crippen molar-refractivity contribution in [3.05, 3.63) is 15.6 Å². The average molecular weight is 240 g/mol. The van der Waals surface area contributed by atoms with E-state index in [0.717, 1.165) is 19.4 Å². The molecule has 1 aliphatic heterocycles. The van der Waals surface area contributed by atoms with Crippen molar-refractivity contribution in [2.24, 2.45) is 0 Å². The zero-order valence-corrected chi connectivity index (χ0v) is 11.3. The molecule has 0 spiro atoms. The fourth-order valence-corrected chi connectivity index (χ4v) is 3.71. The normalized spacial score (nSPS) is 29.9. The summed E-state index contributed by atoms with van der Waals surface area (Å²) in [6, 6.07) is 0. The number of likely N-dealkylation sites (N-methyl/N-ethyl adjacent to an activating group) is 1. The fraction of sp³-hybridized carbons (Fsp3) is 0.750. The number of nitrogens with zero attached hydrogens (tertiary/aromatic N) is 1. The minimum atomic E-state index is -0.0666. The van der Waals surface area contributed by atoms with Gasteiger partial charge in [-0.3, -0.25) is 0 Å². The van der Waals surface area contributed by atoms with Gasteiger partial charge in [0.25, 0.3) is 0 Å². The molecule has 1 aliphatic rings. The standard InChI is InChI=1S/C12H20N2OS/c1-5-10-8(2)16-11(14-10)12(13-4)6-7-15-9(12)3/h9,13H,5-7H2,1-4H3. The Labute approximate surface area is 101 Å². The molecule has 0 saturated carbocycles. The second-order valence-electron chi connectivity index (χ2n) is 4.36. The molecule has 0 radical (unpaired) electrons. The molecular formula is C12H20N2OS. The first-order chi connectivity index (χ1) is 7.64. The topological polar surface area (TPSA) is 34.2 Å². The molecule has 16 heavy (non-hydrogen) atoms. The number of hydrogen-bond acceptors (Lipinski definition) is 4. The molecule has 1 N–H and O–H groups in total. The summed E-state index contributed by atoms with van der Waals surface area (Å²) >= 11 is 1.81. The van der Waals surface area contributed by atoms with Crippen molar-refractivity contribution in [2.75, 3.05) is 13.7 Å². The van der Waals surface area contributed by atoms with Crippen LogP contribution in [-0.2, 0) is 16.7 Å². The summed E-state index contributed by atoms with van der Waals surface area (Å²) in [5, 5.41) is 4.62. The van der Waals surface area contributed by atoms with Crippen molar-refractivity contribution < 1.29 is 4.74 Å². The van der Waals surface area contributed by atoms with E-state index < -0.39 is 0 Å². The van der Waals surface area contributed by atoms with Gasteiger partial charge in [0.05, 0.1) is 17.3 Å². The number of nitrogens with one attached hydrogen (secondary N) is 1. The van der Waals surface area contributed by atoms with E-state index in [0.29, 0.717) is 0 Å². The van der Waals surface area contributed by atoms with E-state index in [1.807, 2.05) is 18.4 Å². The smallest absolute Gasteiger partial charge is 0.116 e. The lowest BCUT2D eigenvalue weighted by Crippen LogP contribution is -2.45. The molecule has 2 unspecified atom stereocenters. The minimum absolute atomic E-state index is 0.0666. The van der Waals surface area contributed by atoms with Gasteiger partial charge in [0.1, 0.15) is 5.01 Å². The predicted molar refractivity (Wildman–Crippen MR) is 67.0 cm³/mol. The van der Waals surface area contributed by atoms with Gasteiger partial charge in [-0.25, -0.2) is 4.98 Å². The van der Waals surface area contributed by atoms with Crippen molar-refractivity contribution in [3.8, 4) is 0 Å². The number of aromatic nitrogens is 1. The lowest BCUT2D eigenvalue weighted by atomic mass is 9.93. The number of ether oxygens (including phenoxy) is 1. The van der Waals surface area contributed by atoms with Crippen molar-refractivity contribution >= 4 is 11.3 Å². The van der Waals surface area contributed by atoms with Gasteiger partial charge in [-0.2, -0.15) is 0 Å². The van der Waals surface area contributed by atoms with Gasteiger partial charge in [-0.05, 0) is 33.7 Å². The molecule has 0 amide bonds. The molecule has 0 bridgehead atoms. The molecular weight excluding hydrogens is 220 g/mol. The molecule has 1 aromatic heterocycles. The van der Waals surface area contributed by atoms with Crippen LogP contribution in [-0.4, -0.2) is 24.7 Å². The van der Waals surface area contributed by atoms with Gasteiger partial charge in [-0.1, -0.05) is 6.92 Å². The average Bonchev–Trinajstić information content (AvgIpc) is 2.82. The van der Waals surface area contributed by atoms with Crippen LogP contribution in [0, 0.1) is 6.92 Å². The first-order valence-corrected chi connectivity index (χ1v) is 6.73. The van der Waals surface area contributed by atoms with Gasteiger partial charge < -0.3 is 10.1 Å². The van der Waals surface area contributed by atoms with Crippen LogP contribution in [0.3, 0.4) is 0 Å². The van der Waals surface area contributed by atoms with Gasteiger partial charge in [0.2, 0.25) is 0 Å². The van der Waals surface area contributed by atoms with Gasteiger partial charge >= 0.3 is 0 Å². The molecule has 2 rings (SSSR count). The summed E-state index contributed by atoms with van der Waals surface area (Å²) in [6.07, 6.45) is 2.23. The molecule has 0 aliphatic carbocycles. The van der Waals surface area contributed by atoms with E-state index >= 15 is 0 Å². The van der Waals surface area contributed by atoms with Crippen LogP contribution in [0.25, 0.3) is 0 Å². The van der Waals surface area contributed by atoms with Gasteiger partial charge in [0, 0.05) is 11.5 Å². The monoisotopic (exact) mass is 240 g/mol. The largest absolute Gasteiger partial charge is 0.376 e. The highest BCUT2D eigenvalue weighted by Crippen LogP contribution is 2.38. The van der Waals surface area contributed by atoms with E-state index in [4.69, 9.17) is 9.72 Å².